The fourth-order valence-corrected chi connectivity index (χ4v) is 2.33. The van der Waals surface area contributed by atoms with Gasteiger partial charge in [0.25, 0.3) is 0 Å². The number of aromatic nitrogens is 2. The summed E-state index contributed by atoms with van der Waals surface area (Å²) in [4.78, 5) is 8.38. The van der Waals surface area contributed by atoms with Crippen molar-refractivity contribution in [1.82, 2.24) is 9.97 Å². The van der Waals surface area contributed by atoms with Crippen molar-refractivity contribution in [2.75, 3.05) is 11.9 Å². The van der Waals surface area contributed by atoms with Crippen LogP contribution >= 0.6 is 27.7 Å². The van der Waals surface area contributed by atoms with Crippen molar-refractivity contribution in [3.05, 3.63) is 10.8 Å². The van der Waals surface area contributed by atoms with Crippen molar-refractivity contribution in [2.24, 2.45) is 0 Å². The fourth-order valence-electron chi connectivity index (χ4n) is 0.950. The van der Waals surface area contributed by atoms with Crippen LogP contribution in [0.25, 0.3) is 0 Å². The Bertz CT molecular complexity index is 304. The van der Waals surface area contributed by atoms with Crippen molar-refractivity contribution in [3.63, 3.8) is 0 Å². The minimum absolute atomic E-state index is 0.524. The molecule has 0 bridgehead atoms. The Morgan fingerprint density at radius 1 is 1.50 bits per heavy atom. The fraction of sp³-hybridized carbons (Fsp3) is 0.556. The van der Waals surface area contributed by atoms with Gasteiger partial charge < -0.3 is 5.32 Å². The van der Waals surface area contributed by atoms with E-state index in [2.05, 4.69) is 45.1 Å². The van der Waals surface area contributed by atoms with Gasteiger partial charge in [-0.3, -0.25) is 0 Å². The molecule has 1 rings (SSSR count). The molecule has 14 heavy (non-hydrogen) atoms. The highest BCUT2D eigenvalue weighted by atomic mass is 79.9. The Hall–Kier alpha value is -0.290. The quantitative estimate of drug-likeness (QED) is 0.677. The normalized spacial score (nSPS) is 10.6. The van der Waals surface area contributed by atoms with Crippen LogP contribution in [0.2, 0.25) is 0 Å². The first-order chi connectivity index (χ1) is 6.65. The lowest BCUT2D eigenvalue weighted by Crippen LogP contribution is -2.02. The molecule has 1 N–H and O–H groups in total. The van der Waals surface area contributed by atoms with Gasteiger partial charge >= 0.3 is 0 Å². The summed E-state index contributed by atoms with van der Waals surface area (Å²) in [5, 5.41) is 4.69. The van der Waals surface area contributed by atoms with E-state index in [4.69, 9.17) is 0 Å². The van der Waals surface area contributed by atoms with Crippen LogP contribution in [-0.4, -0.2) is 21.8 Å². The second-order valence-corrected chi connectivity index (χ2v) is 5.40. The summed E-state index contributed by atoms with van der Waals surface area (Å²) in [7, 11) is 0. The average Bonchev–Trinajstić information content (AvgIpc) is 2.11. The van der Waals surface area contributed by atoms with E-state index < -0.39 is 0 Å². The minimum atomic E-state index is 0.524. The molecule has 1 aromatic heterocycles. The molecule has 0 aliphatic heterocycles. The molecule has 0 amide bonds. The maximum Gasteiger partial charge on any atom is 0.144 e. The van der Waals surface area contributed by atoms with E-state index in [1.54, 1.807) is 18.1 Å². The van der Waals surface area contributed by atoms with Crippen LogP contribution in [0, 0.1) is 0 Å². The Balaban J connectivity index is 2.89. The van der Waals surface area contributed by atoms with Crippen molar-refractivity contribution < 1.29 is 0 Å². The van der Waals surface area contributed by atoms with E-state index in [-0.39, 0.29) is 0 Å². The van der Waals surface area contributed by atoms with Gasteiger partial charge in [-0.2, -0.15) is 0 Å². The number of thioether (sulfide) groups is 1. The van der Waals surface area contributed by atoms with E-state index >= 15 is 0 Å². The van der Waals surface area contributed by atoms with Crippen LogP contribution in [0.5, 0.6) is 0 Å². The maximum absolute atomic E-state index is 4.23. The second-order valence-electron chi connectivity index (χ2n) is 3.04. The molecule has 3 nitrogen and oxygen atoms in total. The summed E-state index contributed by atoms with van der Waals surface area (Å²) in [5.74, 6) is 0.866. The average molecular weight is 276 g/mol. The van der Waals surface area contributed by atoms with Crippen molar-refractivity contribution in [3.8, 4) is 0 Å². The van der Waals surface area contributed by atoms with Crippen molar-refractivity contribution in [1.29, 1.82) is 0 Å². The van der Waals surface area contributed by atoms with E-state index in [0.29, 0.717) is 5.25 Å². The van der Waals surface area contributed by atoms with Crippen LogP contribution in [0.3, 0.4) is 0 Å². The predicted molar refractivity (Wildman–Crippen MR) is 64.9 cm³/mol. The Morgan fingerprint density at radius 2 is 2.21 bits per heavy atom. The first-order valence-electron chi connectivity index (χ1n) is 4.56. The van der Waals surface area contributed by atoms with Crippen LogP contribution in [0.1, 0.15) is 20.8 Å². The highest BCUT2D eigenvalue weighted by Gasteiger charge is 2.09. The molecule has 0 saturated carbocycles. The van der Waals surface area contributed by atoms with Gasteiger partial charge in [-0.25, -0.2) is 9.97 Å². The largest absolute Gasteiger partial charge is 0.369 e. The molecule has 0 radical (unpaired) electrons. The molecular weight excluding hydrogens is 262 g/mol. The topological polar surface area (TPSA) is 37.8 Å². The summed E-state index contributed by atoms with van der Waals surface area (Å²) in [6.45, 7) is 7.20. The van der Waals surface area contributed by atoms with Crippen LogP contribution in [0.4, 0.5) is 5.82 Å². The molecule has 5 heteroatoms. The summed E-state index contributed by atoms with van der Waals surface area (Å²) >= 11 is 5.23. The maximum atomic E-state index is 4.23. The third-order valence-corrected chi connectivity index (χ3v) is 3.47. The zero-order valence-electron chi connectivity index (χ0n) is 8.54. The molecule has 0 unspecified atom stereocenters. The number of hydrogen-bond donors (Lipinski definition) is 1. The van der Waals surface area contributed by atoms with Gasteiger partial charge in [0, 0.05) is 11.8 Å². The van der Waals surface area contributed by atoms with Crippen LogP contribution < -0.4 is 5.32 Å². The smallest absolute Gasteiger partial charge is 0.144 e. The molecule has 1 heterocycles. The predicted octanol–water partition coefficient (Wildman–Crippen LogP) is 3.17. The number of halogens is 1. The molecule has 0 saturated heterocycles. The standard InChI is InChI=1S/C9H14BrN3S/c1-4-11-8-7(10)9(13-5-12-8)14-6(2)3/h5-6H,4H2,1-3H3,(H,11,12,13). The number of anilines is 1. The van der Waals surface area contributed by atoms with Gasteiger partial charge in [0.05, 0.1) is 4.47 Å². The highest BCUT2D eigenvalue weighted by Crippen LogP contribution is 2.32. The first kappa shape index (κ1) is 11.8. The molecule has 0 fully saturated rings. The van der Waals surface area contributed by atoms with Gasteiger partial charge in [0.15, 0.2) is 0 Å². The van der Waals surface area contributed by atoms with Crippen molar-refractivity contribution in [2.45, 2.75) is 31.0 Å². The molecular formula is C9H14BrN3S. The summed E-state index contributed by atoms with van der Waals surface area (Å²) in [6, 6.07) is 0. The third kappa shape index (κ3) is 3.13. The molecule has 0 aliphatic carbocycles. The molecule has 0 aromatic carbocycles. The Kier molecular flexibility index (Phi) is 4.68. The van der Waals surface area contributed by atoms with Crippen molar-refractivity contribution >= 4 is 33.5 Å². The lowest BCUT2D eigenvalue weighted by molar-refractivity contribution is 0.997. The van der Waals surface area contributed by atoms with E-state index in [9.17, 15) is 0 Å². The molecule has 0 atom stereocenters. The van der Waals surface area contributed by atoms with Crippen LogP contribution in [-0.2, 0) is 0 Å². The first-order valence-corrected chi connectivity index (χ1v) is 6.23. The molecule has 0 aliphatic rings. The van der Waals surface area contributed by atoms with Gasteiger partial charge in [-0.15, -0.1) is 11.8 Å². The van der Waals surface area contributed by atoms with E-state index in [0.717, 1.165) is 21.9 Å². The second kappa shape index (κ2) is 5.56. The number of rotatable bonds is 4. The summed E-state index contributed by atoms with van der Waals surface area (Å²) in [6.07, 6.45) is 1.59. The van der Waals surface area contributed by atoms with Crippen LogP contribution in [0.15, 0.2) is 15.8 Å². The lowest BCUT2D eigenvalue weighted by atomic mass is 10.5. The zero-order chi connectivity index (χ0) is 10.6. The van der Waals surface area contributed by atoms with Gasteiger partial charge in [0.1, 0.15) is 17.2 Å². The Labute approximate surface area is 97.2 Å². The third-order valence-electron chi connectivity index (χ3n) is 1.45. The molecule has 1 aromatic rings. The Morgan fingerprint density at radius 3 is 2.79 bits per heavy atom. The van der Waals surface area contributed by atoms with E-state index in [1.807, 2.05) is 6.92 Å². The zero-order valence-corrected chi connectivity index (χ0v) is 10.9. The lowest BCUT2D eigenvalue weighted by Gasteiger charge is -2.09. The monoisotopic (exact) mass is 275 g/mol. The van der Waals surface area contributed by atoms with Gasteiger partial charge in [0.2, 0.25) is 0 Å². The number of nitrogens with one attached hydrogen (secondary N) is 1. The molecule has 0 spiro atoms. The number of hydrogen-bond acceptors (Lipinski definition) is 4. The van der Waals surface area contributed by atoms with Gasteiger partial charge in [-0.05, 0) is 22.9 Å². The molecule has 78 valence electrons. The summed E-state index contributed by atoms with van der Waals surface area (Å²) in [5.41, 5.74) is 0. The minimum Gasteiger partial charge on any atom is -0.369 e. The van der Waals surface area contributed by atoms with Gasteiger partial charge in [-0.1, -0.05) is 13.8 Å². The van der Waals surface area contributed by atoms with E-state index in [1.165, 1.54) is 0 Å². The highest BCUT2D eigenvalue weighted by molar-refractivity contribution is 9.10. The number of nitrogens with zero attached hydrogens (tertiary/aromatic N) is 2. The SMILES string of the molecule is CCNc1ncnc(SC(C)C)c1Br. The summed E-state index contributed by atoms with van der Waals surface area (Å²) < 4.78 is 0.959.